The topological polar surface area (TPSA) is 58.1 Å². The van der Waals surface area contributed by atoms with Gasteiger partial charge in [0.15, 0.2) is 0 Å². The summed E-state index contributed by atoms with van der Waals surface area (Å²) in [7, 11) is 0. The second kappa shape index (κ2) is 7.78. The number of benzene rings is 2. The largest absolute Gasteiger partial charge is 0.324 e. The molecule has 1 amide bonds. The number of amides is 1. The molecule has 0 fully saturated rings. The third kappa shape index (κ3) is 3.72. The Morgan fingerprint density at radius 1 is 1.00 bits per heavy atom. The van der Waals surface area contributed by atoms with Gasteiger partial charge in [0.05, 0.1) is 0 Å². The van der Waals surface area contributed by atoms with E-state index < -0.39 is 0 Å². The summed E-state index contributed by atoms with van der Waals surface area (Å²) in [5, 5.41) is 3.24. The minimum Gasteiger partial charge on any atom is -0.324 e. The third-order valence-corrected chi connectivity index (χ3v) is 4.22. The molecule has 132 valence electrons. The molecule has 1 N–H and O–H groups in total. The van der Waals surface area contributed by atoms with Crippen LogP contribution in [-0.4, -0.2) is 22.4 Å². The number of para-hydroxylation sites is 2. The summed E-state index contributed by atoms with van der Waals surface area (Å²) in [5.41, 5.74) is 4.38. The van der Waals surface area contributed by atoms with E-state index in [9.17, 15) is 4.79 Å². The molecular formula is C21H22N4O. The number of aryl methyl sites for hydroxylation is 2. The molecule has 5 nitrogen and oxygen atoms in total. The number of nitrogens with zero attached hydrogens (tertiary/aromatic N) is 3. The number of aromatic nitrogens is 2. The van der Waals surface area contributed by atoms with Crippen molar-refractivity contribution in [1.29, 1.82) is 0 Å². The van der Waals surface area contributed by atoms with Crippen molar-refractivity contribution in [3.8, 4) is 0 Å². The second-order valence-electron chi connectivity index (χ2n) is 6.04. The third-order valence-electron chi connectivity index (χ3n) is 4.22. The van der Waals surface area contributed by atoms with Crippen molar-refractivity contribution in [3.05, 3.63) is 77.6 Å². The van der Waals surface area contributed by atoms with Crippen LogP contribution in [0, 0.1) is 13.8 Å². The van der Waals surface area contributed by atoms with Crippen LogP contribution in [0.25, 0.3) is 0 Å². The molecular weight excluding hydrogens is 324 g/mol. The van der Waals surface area contributed by atoms with Crippen LogP contribution in [0.1, 0.15) is 28.5 Å². The van der Waals surface area contributed by atoms with Crippen molar-refractivity contribution in [2.75, 3.05) is 16.8 Å². The van der Waals surface area contributed by atoms with E-state index in [1.54, 1.807) is 17.2 Å². The zero-order valence-electron chi connectivity index (χ0n) is 15.2. The Morgan fingerprint density at radius 2 is 1.69 bits per heavy atom. The first-order valence-corrected chi connectivity index (χ1v) is 8.63. The molecule has 3 aromatic rings. The number of hydrogen-bond donors (Lipinski definition) is 1. The maximum Gasteiger partial charge on any atom is 0.277 e. The summed E-state index contributed by atoms with van der Waals surface area (Å²) in [6, 6.07) is 17.3. The fraction of sp³-hybridized carbons (Fsp3) is 0.190. The van der Waals surface area contributed by atoms with E-state index in [0.717, 1.165) is 22.5 Å². The van der Waals surface area contributed by atoms with Crippen LogP contribution in [0.5, 0.6) is 0 Å². The van der Waals surface area contributed by atoms with Crippen LogP contribution in [-0.2, 0) is 0 Å². The fourth-order valence-electron chi connectivity index (χ4n) is 2.85. The number of hydrogen-bond acceptors (Lipinski definition) is 4. The van der Waals surface area contributed by atoms with Crippen molar-refractivity contribution in [2.45, 2.75) is 20.8 Å². The van der Waals surface area contributed by atoms with E-state index in [1.165, 1.54) is 0 Å². The first-order chi connectivity index (χ1) is 12.6. The lowest BCUT2D eigenvalue weighted by molar-refractivity contribution is 0.0983. The molecule has 0 unspecified atom stereocenters. The standard InChI is InChI=1S/C21H22N4O/c1-4-25(17-11-6-5-7-12-17)20(26)18-13-14-22-21(23-18)24-19-15(2)9-8-10-16(19)3/h5-14H,4H2,1-3H3,(H,22,23,24). The highest BCUT2D eigenvalue weighted by atomic mass is 16.2. The number of rotatable bonds is 5. The number of anilines is 3. The van der Waals surface area contributed by atoms with Crippen molar-refractivity contribution in [3.63, 3.8) is 0 Å². The number of carbonyl (C=O) groups is 1. The minimum absolute atomic E-state index is 0.148. The van der Waals surface area contributed by atoms with Gasteiger partial charge in [0.2, 0.25) is 5.95 Å². The number of nitrogens with one attached hydrogen (secondary N) is 1. The van der Waals surface area contributed by atoms with Gasteiger partial charge in [-0.1, -0.05) is 36.4 Å². The molecule has 1 aromatic heterocycles. The molecule has 0 aliphatic heterocycles. The highest BCUT2D eigenvalue weighted by Crippen LogP contribution is 2.23. The lowest BCUT2D eigenvalue weighted by atomic mass is 10.1. The maximum atomic E-state index is 12.9. The van der Waals surface area contributed by atoms with Gasteiger partial charge in [-0.05, 0) is 50.1 Å². The van der Waals surface area contributed by atoms with Gasteiger partial charge >= 0.3 is 0 Å². The first kappa shape index (κ1) is 17.6. The smallest absolute Gasteiger partial charge is 0.277 e. The normalized spacial score (nSPS) is 10.4. The Labute approximate surface area is 153 Å². The van der Waals surface area contributed by atoms with Crippen molar-refractivity contribution >= 4 is 23.2 Å². The van der Waals surface area contributed by atoms with E-state index in [2.05, 4.69) is 15.3 Å². The van der Waals surface area contributed by atoms with Crippen LogP contribution in [0.3, 0.4) is 0 Å². The van der Waals surface area contributed by atoms with Crippen LogP contribution < -0.4 is 10.2 Å². The van der Waals surface area contributed by atoms with E-state index in [0.29, 0.717) is 18.2 Å². The van der Waals surface area contributed by atoms with Gasteiger partial charge < -0.3 is 10.2 Å². The maximum absolute atomic E-state index is 12.9. The Morgan fingerprint density at radius 3 is 2.35 bits per heavy atom. The van der Waals surface area contributed by atoms with Gasteiger partial charge in [0, 0.05) is 24.1 Å². The van der Waals surface area contributed by atoms with Gasteiger partial charge in [-0.25, -0.2) is 9.97 Å². The molecule has 0 bridgehead atoms. The van der Waals surface area contributed by atoms with E-state index in [4.69, 9.17) is 0 Å². The Hall–Kier alpha value is -3.21. The van der Waals surface area contributed by atoms with Gasteiger partial charge in [-0.3, -0.25) is 4.79 Å². The van der Waals surface area contributed by atoms with Gasteiger partial charge in [-0.15, -0.1) is 0 Å². The molecule has 0 aliphatic carbocycles. The van der Waals surface area contributed by atoms with Gasteiger partial charge in [0.25, 0.3) is 5.91 Å². The minimum atomic E-state index is -0.148. The van der Waals surface area contributed by atoms with Crippen molar-refractivity contribution < 1.29 is 4.79 Å². The van der Waals surface area contributed by atoms with E-state index in [-0.39, 0.29) is 5.91 Å². The summed E-state index contributed by atoms with van der Waals surface area (Å²) in [6.07, 6.45) is 1.61. The summed E-state index contributed by atoms with van der Waals surface area (Å²) >= 11 is 0. The summed E-state index contributed by atoms with van der Waals surface area (Å²) in [4.78, 5) is 23.3. The molecule has 1 heterocycles. The Bertz CT molecular complexity index is 889. The highest BCUT2D eigenvalue weighted by molar-refractivity contribution is 6.04. The monoisotopic (exact) mass is 346 g/mol. The van der Waals surface area contributed by atoms with Crippen LogP contribution >= 0.6 is 0 Å². The Kier molecular flexibility index (Phi) is 5.27. The predicted molar refractivity (Wildman–Crippen MR) is 105 cm³/mol. The molecule has 0 spiro atoms. The summed E-state index contributed by atoms with van der Waals surface area (Å²) < 4.78 is 0. The summed E-state index contributed by atoms with van der Waals surface area (Å²) in [6.45, 7) is 6.56. The predicted octanol–water partition coefficient (Wildman–Crippen LogP) is 4.50. The van der Waals surface area contributed by atoms with E-state index in [1.807, 2.05) is 69.3 Å². The zero-order chi connectivity index (χ0) is 18.5. The van der Waals surface area contributed by atoms with Crippen molar-refractivity contribution in [2.24, 2.45) is 0 Å². The molecule has 26 heavy (non-hydrogen) atoms. The molecule has 3 rings (SSSR count). The average Bonchev–Trinajstić information content (AvgIpc) is 2.66. The second-order valence-corrected chi connectivity index (χ2v) is 6.04. The highest BCUT2D eigenvalue weighted by Gasteiger charge is 2.18. The molecule has 2 aromatic carbocycles. The molecule has 0 saturated carbocycles. The molecule has 5 heteroatoms. The molecule has 0 radical (unpaired) electrons. The Balaban J connectivity index is 1.88. The quantitative estimate of drug-likeness (QED) is 0.739. The van der Waals surface area contributed by atoms with E-state index >= 15 is 0 Å². The SMILES string of the molecule is CCN(C(=O)c1ccnc(Nc2c(C)cccc2C)n1)c1ccccc1. The molecule has 0 atom stereocenters. The molecule has 0 aliphatic rings. The number of carbonyl (C=O) groups excluding carboxylic acids is 1. The van der Waals surface area contributed by atoms with Gasteiger partial charge in [0.1, 0.15) is 5.69 Å². The lowest BCUT2D eigenvalue weighted by Gasteiger charge is -2.20. The molecule has 0 saturated heterocycles. The van der Waals surface area contributed by atoms with Crippen LogP contribution in [0.2, 0.25) is 0 Å². The van der Waals surface area contributed by atoms with Crippen LogP contribution in [0.15, 0.2) is 60.8 Å². The summed E-state index contributed by atoms with van der Waals surface area (Å²) in [5.74, 6) is 0.267. The van der Waals surface area contributed by atoms with Gasteiger partial charge in [-0.2, -0.15) is 0 Å². The van der Waals surface area contributed by atoms with Crippen LogP contribution in [0.4, 0.5) is 17.3 Å². The first-order valence-electron chi connectivity index (χ1n) is 8.63. The zero-order valence-corrected chi connectivity index (χ0v) is 15.2. The average molecular weight is 346 g/mol. The van der Waals surface area contributed by atoms with Crippen molar-refractivity contribution in [1.82, 2.24) is 9.97 Å². The fourth-order valence-corrected chi connectivity index (χ4v) is 2.85. The lowest BCUT2D eigenvalue weighted by Crippen LogP contribution is -2.31.